The number of nitrogens with one attached hydrogen (secondary N) is 2. The first-order valence-corrected chi connectivity index (χ1v) is 34.0. The van der Waals surface area contributed by atoms with Crippen molar-refractivity contribution in [2.45, 2.75) is 218 Å². The van der Waals surface area contributed by atoms with E-state index in [0.29, 0.717) is 36.5 Å². The molecule has 2 heterocycles. The number of amides is 2. The summed E-state index contributed by atoms with van der Waals surface area (Å²) in [5, 5.41) is 43.1. The highest BCUT2D eigenvalue weighted by Crippen LogP contribution is 2.69. The van der Waals surface area contributed by atoms with E-state index in [0.717, 1.165) is 37.7 Å². The van der Waals surface area contributed by atoms with Gasteiger partial charge in [-0.3, -0.25) is 9.59 Å². The molecular weight excluding hydrogens is 1140 g/mol. The summed E-state index contributed by atoms with van der Waals surface area (Å²) < 4.78 is 60.8. The average Bonchev–Trinajstić information content (AvgIpc) is 1.60. The maximum Gasteiger partial charge on any atom is 0.407 e. The van der Waals surface area contributed by atoms with Gasteiger partial charge in [-0.05, 0) is 134 Å². The number of ether oxygens (including phenoxy) is 9. The van der Waals surface area contributed by atoms with Crippen LogP contribution < -0.4 is 15.4 Å². The number of ketones is 1. The number of methoxy groups -OCH3 is 1. The molecule has 17 atom stereocenters. The van der Waals surface area contributed by atoms with Crippen molar-refractivity contribution < 1.29 is 86.4 Å². The Kier molecular flexibility index (Phi) is 21.7. The lowest BCUT2D eigenvalue weighted by Crippen LogP contribution is -2.64. The monoisotopic (exact) mass is 1230 g/mol. The zero-order valence-corrected chi connectivity index (χ0v) is 54.0. The van der Waals surface area contributed by atoms with Crippen LogP contribution in [0.5, 0.6) is 5.75 Å². The molecule has 2 aliphatic heterocycles. The molecule has 6 aliphatic rings. The summed E-state index contributed by atoms with van der Waals surface area (Å²) in [5.74, 6) is -1.57. The number of aliphatic hydroxyl groups excluding tert-OH is 2. The fourth-order valence-corrected chi connectivity index (χ4v) is 15.7. The Labute approximate surface area is 514 Å². The van der Waals surface area contributed by atoms with Crippen molar-refractivity contribution in [2.75, 3.05) is 26.9 Å². The van der Waals surface area contributed by atoms with Crippen LogP contribution >= 0.6 is 0 Å². The fourth-order valence-electron chi connectivity index (χ4n) is 14.4. The van der Waals surface area contributed by atoms with Crippen LogP contribution in [0.1, 0.15) is 142 Å². The normalized spacial score (nSPS) is 33.5. The van der Waals surface area contributed by atoms with Gasteiger partial charge < -0.3 is 73.0 Å². The van der Waals surface area contributed by atoms with Gasteiger partial charge in [0.15, 0.2) is 39.2 Å². The number of rotatable bonds is 22. The number of Topliss-reactive ketones (excluding diaryl/α,β-unsaturated/α-hetero) is 1. The molecule has 0 radical (unpaired) electrons. The number of hydrogen-bond donors (Lipinski definition) is 5. The molecule has 4 aliphatic carbocycles. The Balaban J connectivity index is 1.03. The molecule has 3 saturated carbocycles. The van der Waals surface area contributed by atoms with Crippen LogP contribution in [0, 0.1) is 40.4 Å². The van der Waals surface area contributed by atoms with E-state index < -0.39 is 118 Å². The maximum atomic E-state index is 14.5. The molecule has 0 aromatic heterocycles. The van der Waals surface area contributed by atoms with Crippen LogP contribution in [-0.2, 0) is 65.0 Å². The van der Waals surface area contributed by atoms with Gasteiger partial charge in [0.25, 0.3) is 0 Å². The molecule has 20 nitrogen and oxygen atoms in total. The zero-order valence-electron chi connectivity index (χ0n) is 53.0. The standard InChI is InChI=1S/C66H96N2O18Si/c1-14-31-78-61(74)67-34-41-16-18-42(19-17-41)35-68-62(75)82-52-37-80-59(56(54(52)72)84-58(73)43-20-23-45(77-11)24-21-43)85-55-51(71)36-79-60(57(55)81-40(5)69)83-53-33-49-47-25-22-44-32-46(86-87(12,13)63(6,7)8)27-29-64(44,9)48(47)28-30-65(49,10)66(53,76)39(4)50(70)26-15-38(2)3/h14,16-24,38-39,46-49,51-57,59-60,71-72,76H,1,15,25-37H2,2-13H3,(H,67,74)(H,68,75)/t39-,46+,47-,48?,49+,51?,52?,53+,54?,55?,56?,57?,59?,60?,64+,65+,66-/m1/s1. The predicted molar refractivity (Wildman–Crippen MR) is 323 cm³/mol. The van der Waals surface area contributed by atoms with E-state index in [-0.39, 0.29) is 71.8 Å². The first-order chi connectivity index (χ1) is 41.0. The van der Waals surface area contributed by atoms with Crippen LogP contribution in [0.15, 0.2) is 72.8 Å². The molecule has 482 valence electrons. The third-order valence-electron chi connectivity index (χ3n) is 20.5. The summed E-state index contributed by atoms with van der Waals surface area (Å²) >= 11 is 0. The minimum absolute atomic E-state index is 0.0142. The van der Waals surface area contributed by atoms with E-state index in [1.807, 2.05) is 0 Å². The van der Waals surface area contributed by atoms with Crippen LogP contribution in [0.4, 0.5) is 9.59 Å². The molecular formula is C66H96N2O18Si. The second-order valence-electron chi connectivity index (χ2n) is 27.4. The summed E-state index contributed by atoms with van der Waals surface area (Å²) in [7, 11) is -0.544. The van der Waals surface area contributed by atoms with Crippen LogP contribution in [0.25, 0.3) is 0 Å². The average molecular weight is 1230 g/mol. The quantitative estimate of drug-likeness (QED) is 0.0318. The highest BCUT2D eigenvalue weighted by molar-refractivity contribution is 6.74. The topological polar surface area (TPSA) is 262 Å². The molecule has 2 saturated heterocycles. The largest absolute Gasteiger partial charge is 0.497 e. The Hall–Kier alpha value is -5.23. The van der Waals surface area contributed by atoms with Crippen molar-refractivity contribution in [3.05, 3.63) is 89.5 Å². The number of benzene rings is 2. The van der Waals surface area contributed by atoms with E-state index in [4.69, 9.17) is 47.1 Å². The van der Waals surface area contributed by atoms with Gasteiger partial charge in [0.05, 0.1) is 32.0 Å². The smallest absolute Gasteiger partial charge is 0.407 e. The predicted octanol–water partition coefficient (Wildman–Crippen LogP) is 9.40. The van der Waals surface area contributed by atoms with Gasteiger partial charge in [0, 0.05) is 43.9 Å². The Morgan fingerprint density at radius 1 is 0.828 bits per heavy atom. The van der Waals surface area contributed by atoms with Crippen molar-refractivity contribution in [1.82, 2.24) is 10.6 Å². The van der Waals surface area contributed by atoms with Crippen LogP contribution in [0.3, 0.4) is 0 Å². The van der Waals surface area contributed by atoms with Crippen molar-refractivity contribution in [2.24, 2.45) is 40.4 Å². The minimum Gasteiger partial charge on any atom is -0.497 e. The third-order valence-corrected chi connectivity index (χ3v) is 25.0. The number of allylic oxidation sites excluding steroid dienone is 1. The summed E-state index contributed by atoms with van der Waals surface area (Å²) in [6.45, 7) is 26.0. The number of carbonyl (C=O) groups excluding carboxylic acids is 5. The molecule has 21 heteroatoms. The molecule has 2 aromatic carbocycles. The zero-order chi connectivity index (χ0) is 63.4. The Morgan fingerprint density at radius 2 is 1.47 bits per heavy atom. The number of aliphatic hydroxyl groups is 3. The first-order valence-electron chi connectivity index (χ1n) is 31.1. The molecule has 5 fully saturated rings. The highest BCUT2D eigenvalue weighted by atomic mass is 28.4. The molecule has 0 bridgehead atoms. The number of alkyl carbamates (subject to hydrolysis) is 2. The molecule has 87 heavy (non-hydrogen) atoms. The molecule has 9 unspecified atom stereocenters. The van der Waals surface area contributed by atoms with Gasteiger partial charge in [0.2, 0.25) is 0 Å². The van der Waals surface area contributed by atoms with Gasteiger partial charge in [-0.2, -0.15) is 0 Å². The molecule has 2 aromatic rings. The van der Waals surface area contributed by atoms with Crippen molar-refractivity contribution in [3.8, 4) is 5.75 Å². The second-order valence-corrected chi connectivity index (χ2v) is 32.1. The maximum absolute atomic E-state index is 14.5. The van der Waals surface area contributed by atoms with Gasteiger partial charge >= 0.3 is 24.1 Å². The lowest BCUT2D eigenvalue weighted by molar-refractivity contribution is -0.345. The first kappa shape index (κ1) is 67.7. The van der Waals surface area contributed by atoms with E-state index in [1.54, 1.807) is 43.3 Å². The van der Waals surface area contributed by atoms with Gasteiger partial charge in [0.1, 0.15) is 42.1 Å². The molecule has 5 N–H and O–H groups in total. The summed E-state index contributed by atoms with van der Waals surface area (Å²) in [6.07, 6.45) is -4.76. The molecule has 8 rings (SSSR count). The second kappa shape index (κ2) is 27.9. The third kappa shape index (κ3) is 14.8. The summed E-state index contributed by atoms with van der Waals surface area (Å²) in [6, 6.07) is 13.0. The Bertz CT molecular complexity index is 2770. The van der Waals surface area contributed by atoms with Crippen LogP contribution in [0.2, 0.25) is 18.1 Å². The molecule has 0 spiro atoms. The number of hydrogen-bond acceptors (Lipinski definition) is 18. The van der Waals surface area contributed by atoms with Gasteiger partial charge in [-0.1, -0.05) is 104 Å². The summed E-state index contributed by atoms with van der Waals surface area (Å²) in [5.41, 5.74) is 0.379. The minimum atomic E-state index is -2.02. The number of carbonyl (C=O) groups is 5. The van der Waals surface area contributed by atoms with Crippen molar-refractivity contribution in [3.63, 3.8) is 0 Å². The van der Waals surface area contributed by atoms with E-state index in [9.17, 15) is 39.3 Å². The Morgan fingerprint density at radius 3 is 2.09 bits per heavy atom. The van der Waals surface area contributed by atoms with Crippen molar-refractivity contribution in [1.29, 1.82) is 0 Å². The molecule has 2 amide bonds. The highest BCUT2D eigenvalue weighted by Gasteiger charge is 2.71. The SMILES string of the molecule is C=CCOC(=O)NCc1ccc(CNC(=O)OC2COC(OC3C(O)COC(O[C@H]4C[C@H]5[C@@H]6CC=C7C[C@@H](O[Si](C)(C)C(C)(C)C)CC[C@]7(C)C6CC[C@]5(C)[C@@]4(O)[C@H](C)C(=O)CCC(C)C)C3OC(C)=O)C(OC(=O)c3ccc(OC)cc3)C2O)cc1. The number of fused-ring (bicyclic) bond motifs is 5. The van der Waals surface area contributed by atoms with Gasteiger partial charge in [-0.25, -0.2) is 14.4 Å². The van der Waals surface area contributed by atoms with E-state index >= 15 is 0 Å². The fraction of sp³-hybridized carbons (Fsp3) is 0.682. The van der Waals surface area contributed by atoms with Gasteiger partial charge in [-0.15, -0.1) is 0 Å². The number of esters is 2. The van der Waals surface area contributed by atoms with E-state index in [1.165, 1.54) is 37.8 Å². The lowest BCUT2D eigenvalue weighted by atomic mass is 9.46. The van der Waals surface area contributed by atoms with Crippen LogP contribution in [-0.4, -0.2) is 147 Å². The van der Waals surface area contributed by atoms with Crippen molar-refractivity contribution >= 4 is 38.2 Å². The lowest BCUT2D eigenvalue weighted by Gasteiger charge is -2.60. The summed E-state index contributed by atoms with van der Waals surface area (Å²) in [4.78, 5) is 66.9. The van der Waals surface area contributed by atoms with E-state index in [2.05, 4.69) is 84.8 Å².